The minimum absolute atomic E-state index is 0.249. The van der Waals surface area contributed by atoms with E-state index in [1.807, 2.05) is 13.1 Å². The highest BCUT2D eigenvalue weighted by molar-refractivity contribution is 7.11. The van der Waals surface area contributed by atoms with Gasteiger partial charge in [0.2, 0.25) is 0 Å². The van der Waals surface area contributed by atoms with Crippen LogP contribution >= 0.6 is 11.3 Å². The second-order valence-corrected chi connectivity index (χ2v) is 6.11. The van der Waals surface area contributed by atoms with E-state index in [2.05, 4.69) is 27.5 Å². The van der Waals surface area contributed by atoms with Gasteiger partial charge in [-0.05, 0) is 26.0 Å². The zero-order valence-electron chi connectivity index (χ0n) is 12.9. The minimum Gasteiger partial charge on any atom is -0.467 e. The van der Waals surface area contributed by atoms with Gasteiger partial charge < -0.3 is 20.2 Å². The molecule has 1 unspecified atom stereocenters. The van der Waals surface area contributed by atoms with Gasteiger partial charge in [-0.2, -0.15) is 0 Å². The first-order valence-corrected chi connectivity index (χ1v) is 8.15. The molecule has 0 aliphatic rings. The molecule has 0 amide bonds. The SMILES string of the molecule is CCNC(=NCC(O)c1ccco1)NCCc1ncc(C)s1. The minimum atomic E-state index is -0.730. The molecule has 22 heavy (non-hydrogen) atoms. The fourth-order valence-electron chi connectivity index (χ4n) is 1.90. The van der Waals surface area contributed by atoms with E-state index in [0.717, 1.165) is 24.5 Å². The van der Waals surface area contributed by atoms with E-state index in [1.165, 1.54) is 4.88 Å². The average Bonchev–Trinajstić information content (AvgIpc) is 3.16. The van der Waals surface area contributed by atoms with Crippen LogP contribution in [0.1, 0.15) is 28.7 Å². The largest absolute Gasteiger partial charge is 0.467 e. The Morgan fingerprint density at radius 1 is 1.50 bits per heavy atom. The highest BCUT2D eigenvalue weighted by Gasteiger charge is 2.10. The first-order valence-electron chi connectivity index (χ1n) is 7.34. The van der Waals surface area contributed by atoms with Crippen molar-refractivity contribution in [2.24, 2.45) is 4.99 Å². The maximum absolute atomic E-state index is 9.97. The molecule has 2 rings (SSSR count). The Labute approximate surface area is 134 Å². The van der Waals surface area contributed by atoms with E-state index in [1.54, 1.807) is 29.7 Å². The fourth-order valence-corrected chi connectivity index (χ4v) is 2.68. The van der Waals surface area contributed by atoms with E-state index >= 15 is 0 Å². The van der Waals surface area contributed by atoms with Gasteiger partial charge in [-0.3, -0.25) is 4.99 Å². The van der Waals surface area contributed by atoms with Crippen molar-refractivity contribution in [3.63, 3.8) is 0 Å². The van der Waals surface area contributed by atoms with Gasteiger partial charge in [-0.25, -0.2) is 4.98 Å². The summed E-state index contributed by atoms with van der Waals surface area (Å²) in [4.78, 5) is 9.93. The monoisotopic (exact) mass is 322 g/mol. The summed E-state index contributed by atoms with van der Waals surface area (Å²) in [6.45, 7) is 5.81. The molecule has 0 fully saturated rings. The van der Waals surface area contributed by atoms with Crippen molar-refractivity contribution >= 4 is 17.3 Å². The van der Waals surface area contributed by atoms with Crippen LogP contribution in [0, 0.1) is 6.92 Å². The van der Waals surface area contributed by atoms with Crippen molar-refractivity contribution in [3.8, 4) is 0 Å². The molecule has 0 aliphatic heterocycles. The van der Waals surface area contributed by atoms with Gasteiger partial charge in [0, 0.05) is 30.6 Å². The lowest BCUT2D eigenvalue weighted by Gasteiger charge is -2.11. The molecular formula is C15H22N4O2S. The molecule has 0 spiro atoms. The van der Waals surface area contributed by atoms with Gasteiger partial charge in [-0.1, -0.05) is 0 Å². The number of rotatable bonds is 7. The van der Waals surface area contributed by atoms with E-state index in [9.17, 15) is 5.11 Å². The molecule has 0 aliphatic carbocycles. The third kappa shape index (κ3) is 5.16. The molecule has 0 saturated heterocycles. The third-order valence-corrected chi connectivity index (χ3v) is 3.91. The maximum Gasteiger partial charge on any atom is 0.191 e. The third-order valence-electron chi connectivity index (χ3n) is 2.94. The summed E-state index contributed by atoms with van der Waals surface area (Å²) in [7, 11) is 0. The number of thiazole rings is 1. The second-order valence-electron chi connectivity index (χ2n) is 4.79. The zero-order valence-corrected chi connectivity index (χ0v) is 13.7. The average molecular weight is 322 g/mol. The zero-order chi connectivity index (χ0) is 15.8. The number of aliphatic imine (C=N–C) groups is 1. The van der Waals surface area contributed by atoms with Gasteiger partial charge in [0.15, 0.2) is 5.96 Å². The van der Waals surface area contributed by atoms with Gasteiger partial charge in [0.25, 0.3) is 0 Å². The molecule has 3 N–H and O–H groups in total. The van der Waals surface area contributed by atoms with E-state index in [4.69, 9.17) is 4.42 Å². The van der Waals surface area contributed by atoms with E-state index < -0.39 is 6.10 Å². The molecule has 0 aromatic carbocycles. The summed E-state index contributed by atoms with van der Waals surface area (Å²) in [6, 6.07) is 3.49. The van der Waals surface area contributed by atoms with Crippen molar-refractivity contribution in [2.75, 3.05) is 19.6 Å². The number of nitrogens with one attached hydrogen (secondary N) is 2. The second kappa shape index (κ2) is 8.55. The first-order chi connectivity index (χ1) is 10.7. The molecule has 6 nitrogen and oxygen atoms in total. The van der Waals surface area contributed by atoms with Crippen LogP contribution in [-0.2, 0) is 6.42 Å². The van der Waals surface area contributed by atoms with Crippen LogP contribution in [0.25, 0.3) is 0 Å². The topological polar surface area (TPSA) is 82.7 Å². The normalized spacial score (nSPS) is 13.1. The lowest BCUT2D eigenvalue weighted by atomic mass is 10.3. The summed E-state index contributed by atoms with van der Waals surface area (Å²) in [5, 5.41) is 17.5. The Kier molecular flexibility index (Phi) is 6.42. The number of aliphatic hydroxyl groups excluding tert-OH is 1. The number of guanidine groups is 1. The number of hydrogen-bond acceptors (Lipinski definition) is 5. The summed E-state index contributed by atoms with van der Waals surface area (Å²) in [5.74, 6) is 1.21. The summed E-state index contributed by atoms with van der Waals surface area (Å²) < 4.78 is 5.16. The number of aliphatic hydroxyl groups is 1. The molecule has 1 atom stereocenters. The molecule has 7 heteroatoms. The number of furan rings is 1. The van der Waals surface area contributed by atoms with Crippen LogP contribution in [0.5, 0.6) is 0 Å². The Morgan fingerprint density at radius 3 is 3.00 bits per heavy atom. The van der Waals surface area contributed by atoms with Crippen LogP contribution in [0.3, 0.4) is 0 Å². The van der Waals surface area contributed by atoms with Crippen LogP contribution in [-0.4, -0.2) is 35.7 Å². The van der Waals surface area contributed by atoms with Crippen molar-refractivity contribution in [2.45, 2.75) is 26.4 Å². The smallest absolute Gasteiger partial charge is 0.191 e. The molecule has 2 heterocycles. The summed E-state index contributed by atoms with van der Waals surface area (Å²) >= 11 is 1.71. The Morgan fingerprint density at radius 2 is 2.36 bits per heavy atom. The van der Waals surface area contributed by atoms with E-state index in [-0.39, 0.29) is 6.54 Å². The van der Waals surface area contributed by atoms with Gasteiger partial charge in [0.1, 0.15) is 11.9 Å². The van der Waals surface area contributed by atoms with Crippen molar-refractivity contribution < 1.29 is 9.52 Å². The summed E-state index contributed by atoms with van der Waals surface area (Å²) in [5.41, 5.74) is 0. The number of aromatic nitrogens is 1. The predicted octanol–water partition coefficient (Wildman–Crippen LogP) is 1.88. The highest BCUT2D eigenvalue weighted by atomic mass is 32.1. The van der Waals surface area contributed by atoms with Crippen LogP contribution in [0.4, 0.5) is 0 Å². The number of aryl methyl sites for hydroxylation is 1. The Hall–Kier alpha value is -1.86. The number of hydrogen-bond donors (Lipinski definition) is 3. The predicted molar refractivity (Wildman–Crippen MR) is 88.2 cm³/mol. The van der Waals surface area contributed by atoms with Crippen LogP contribution < -0.4 is 10.6 Å². The van der Waals surface area contributed by atoms with Gasteiger partial charge >= 0.3 is 0 Å². The lowest BCUT2D eigenvalue weighted by molar-refractivity contribution is 0.158. The van der Waals surface area contributed by atoms with Crippen LogP contribution in [0.15, 0.2) is 34.0 Å². The lowest BCUT2D eigenvalue weighted by Crippen LogP contribution is -2.38. The molecular weight excluding hydrogens is 300 g/mol. The van der Waals surface area contributed by atoms with Crippen molar-refractivity contribution in [1.29, 1.82) is 0 Å². The summed E-state index contributed by atoms with van der Waals surface area (Å²) in [6.07, 6.45) is 3.55. The molecule has 0 saturated carbocycles. The van der Waals surface area contributed by atoms with Crippen molar-refractivity contribution in [1.82, 2.24) is 15.6 Å². The fraction of sp³-hybridized carbons (Fsp3) is 0.467. The highest BCUT2D eigenvalue weighted by Crippen LogP contribution is 2.13. The molecule has 2 aromatic heterocycles. The van der Waals surface area contributed by atoms with Crippen molar-refractivity contribution in [3.05, 3.63) is 40.2 Å². The Bertz CT molecular complexity index is 580. The first kappa shape index (κ1) is 16.5. The molecule has 0 bridgehead atoms. The maximum atomic E-state index is 9.97. The van der Waals surface area contributed by atoms with Gasteiger partial charge in [-0.15, -0.1) is 11.3 Å². The Balaban J connectivity index is 1.81. The molecule has 2 aromatic rings. The van der Waals surface area contributed by atoms with Gasteiger partial charge in [0.05, 0.1) is 17.8 Å². The standard InChI is InChI=1S/C15H22N4O2S/c1-3-16-15(17-7-6-14-18-9-11(2)22-14)19-10-12(20)13-5-4-8-21-13/h4-5,8-9,12,20H,3,6-7,10H2,1-2H3,(H2,16,17,19). The van der Waals surface area contributed by atoms with E-state index in [0.29, 0.717) is 11.7 Å². The molecule has 120 valence electrons. The quantitative estimate of drug-likeness (QED) is 0.535. The van der Waals surface area contributed by atoms with Crippen LogP contribution in [0.2, 0.25) is 0 Å². The number of nitrogens with zero attached hydrogens (tertiary/aromatic N) is 2. The molecule has 0 radical (unpaired) electrons.